The van der Waals surface area contributed by atoms with E-state index >= 15 is 0 Å². The Bertz CT molecular complexity index is 462. The molecular weight excluding hydrogens is 272 g/mol. The van der Waals surface area contributed by atoms with Gasteiger partial charge in [0.05, 0.1) is 7.11 Å². The van der Waals surface area contributed by atoms with Crippen molar-refractivity contribution < 1.29 is 4.74 Å². The lowest BCUT2D eigenvalue weighted by molar-refractivity contribution is 0.311. The van der Waals surface area contributed by atoms with E-state index in [0.717, 1.165) is 41.4 Å². The van der Waals surface area contributed by atoms with Crippen LogP contribution in [0, 0.1) is 5.92 Å². The minimum absolute atomic E-state index is 0.780. The van der Waals surface area contributed by atoms with Crippen LogP contribution >= 0.6 is 11.6 Å². The van der Waals surface area contributed by atoms with Crippen molar-refractivity contribution in [2.24, 2.45) is 5.92 Å². The Hall–Kier alpha value is -0.770. The normalized spacial score (nSPS) is 23.2. The summed E-state index contributed by atoms with van der Waals surface area (Å²) < 4.78 is 5.37. The van der Waals surface area contributed by atoms with Crippen LogP contribution in [0.2, 0.25) is 5.02 Å². The molecule has 0 radical (unpaired) electrons. The Morgan fingerprint density at radius 1 is 1.35 bits per heavy atom. The molecular formula is C16H23ClN2O. The van der Waals surface area contributed by atoms with Crippen molar-refractivity contribution in [1.82, 2.24) is 10.2 Å². The Labute approximate surface area is 126 Å². The van der Waals surface area contributed by atoms with Gasteiger partial charge in [-0.15, -0.1) is 0 Å². The zero-order chi connectivity index (χ0) is 13.9. The summed E-state index contributed by atoms with van der Waals surface area (Å²) in [7, 11) is 1.69. The highest BCUT2D eigenvalue weighted by molar-refractivity contribution is 6.31. The second-order valence-electron chi connectivity index (χ2n) is 5.93. The maximum Gasteiger partial charge on any atom is 0.124 e. The number of halogens is 1. The first-order valence-corrected chi connectivity index (χ1v) is 7.92. The van der Waals surface area contributed by atoms with Crippen LogP contribution in [0.1, 0.15) is 24.8 Å². The third-order valence-corrected chi connectivity index (χ3v) is 4.77. The van der Waals surface area contributed by atoms with Crippen molar-refractivity contribution in [1.29, 1.82) is 0 Å². The average Bonchev–Trinajstić information content (AvgIpc) is 3.20. The first kappa shape index (κ1) is 14.2. The molecule has 0 aromatic heterocycles. The van der Waals surface area contributed by atoms with Crippen LogP contribution in [0.5, 0.6) is 5.75 Å². The highest BCUT2D eigenvalue weighted by Crippen LogP contribution is 2.31. The first-order chi connectivity index (χ1) is 9.78. The lowest BCUT2D eigenvalue weighted by atomic mass is 10.1. The first-order valence-electron chi connectivity index (χ1n) is 7.54. The molecule has 0 amide bonds. The molecule has 2 fully saturated rings. The van der Waals surface area contributed by atoms with E-state index in [1.54, 1.807) is 7.11 Å². The molecule has 1 aliphatic heterocycles. The molecule has 4 heteroatoms. The fraction of sp³-hybridized carbons (Fsp3) is 0.625. The molecule has 1 unspecified atom stereocenters. The molecule has 1 N–H and O–H groups in total. The molecule has 110 valence electrons. The molecule has 0 spiro atoms. The number of rotatable bonds is 6. The van der Waals surface area contributed by atoms with Crippen molar-refractivity contribution >= 4 is 11.6 Å². The van der Waals surface area contributed by atoms with Gasteiger partial charge in [-0.2, -0.15) is 0 Å². The van der Waals surface area contributed by atoms with Crippen molar-refractivity contribution in [2.45, 2.75) is 31.8 Å². The summed E-state index contributed by atoms with van der Waals surface area (Å²) in [6.45, 7) is 4.39. The van der Waals surface area contributed by atoms with E-state index in [0.29, 0.717) is 0 Å². The lowest BCUT2D eigenvalue weighted by Crippen LogP contribution is -2.27. The molecule has 1 aromatic rings. The summed E-state index contributed by atoms with van der Waals surface area (Å²) >= 11 is 6.25. The number of hydrogen-bond acceptors (Lipinski definition) is 3. The molecule has 3 nitrogen and oxygen atoms in total. The zero-order valence-electron chi connectivity index (χ0n) is 12.1. The molecule has 20 heavy (non-hydrogen) atoms. The quantitative estimate of drug-likeness (QED) is 0.873. The summed E-state index contributed by atoms with van der Waals surface area (Å²) in [6.07, 6.45) is 4.15. The van der Waals surface area contributed by atoms with Crippen LogP contribution < -0.4 is 10.1 Å². The highest BCUT2D eigenvalue weighted by atomic mass is 35.5. The molecule has 1 aromatic carbocycles. The summed E-state index contributed by atoms with van der Waals surface area (Å²) in [5, 5.41) is 4.33. The molecule has 1 aliphatic carbocycles. The van der Waals surface area contributed by atoms with E-state index in [4.69, 9.17) is 16.3 Å². The summed E-state index contributed by atoms with van der Waals surface area (Å²) in [5.74, 6) is 1.65. The van der Waals surface area contributed by atoms with Crippen LogP contribution in [-0.4, -0.2) is 37.7 Å². The Balaban J connectivity index is 1.48. The van der Waals surface area contributed by atoms with Crippen molar-refractivity contribution in [3.05, 3.63) is 28.8 Å². The van der Waals surface area contributed by atoms with Crippen LogP contribution in [-0.2, 0) is 6.54 Å². The van der Waals surface area contributed by atoms with Crippen molar-refractivity contribution in [3.63, 3.8) is 0 Å². The molecule has 1 saturated heterocycles. The maximum atomic E-state index is 6.25. The van der Waals surface area contributed by atoms with Crippen molar-refractivity contribution in [2.75, 3.05) is 26.7 Å². The standard InChI is InChI=1S/C16H23ClN2O/c1-20-16-4-2-3-15(17)14(16)10-18-9-12-7-8-19(11-12)13-5-6-13/h2-4,12-13,18H,5-11H2,1H3. The Morgan fingerprint density at radius 2 is 2.20 bits per heavy atom. The van der Waals surface area contributed by atoms with Crippen LogP contribution in [0.25, 0.3) is 0 Å². The van der Waals surface area contributed by atoms with E-state index in [9.17, 15) is 0 Å². The second-order valence-corrected chi connectivity index (χ2v) is 6.34. The van der Waals surface area contributed by atoms with Gasteiger partial charge in [0.1, 0.15) is 5.75 Å². The summed E-state index contributed by atoms with van der Waals surface area (Å²) in [4.78, 5) is 2.66. The zero-order valence-corrected chi connectivity index (χ0v) is 12.8. The number of ether oxygens (including phenoxy) is 1. The number of hydrogen-bond donors (Lipinski definition) is 1. The number of nitrogens with zero attached hydrogens (tertiary/aromatic N) is 1. The van der Waals surface area contributed by atoms with Gasteiger partial charge in [0.15, 0.2) is 0 Å². The third-order valence-electron chi connectivity index (χ3n) is 4.41. The van der Waals surface area contributed by atoms with Gasteiger partial charge in [-0.3, -0.25) is 0 Å². The summed E-state index contributed by atoms with van der Waals surface area (Å²) in [5.41, 5.74) is 1.06. The molecule has 1 atom stereocenters. The Kier molecular flexibility index (Phi) is 4.49. The molecule has 0 bridgehead atoms. The van der Waals surface area contributed by atoms with Gasteiger partial charge >= 0.3 is 0 Å². The Morgan fingerprint density at radius 3 is 2.95 bits per heavy atom. The molecule has 1 heterocycles. The fourth-order valence-electron chi connectivity index (χ4n) is 3.10. The van der Waals surface area contributed by atoms with Crippen LogP contribution in [0.3, 0.4) is 0 Å². The van der Waals surface area contributed by atoms with Gasteiger partial charge < -0.3 is 15.0 Å². The number of methoxy groups -OCH3 is 1. The number of benzene rings is 1. The van der Waals surface area contributed by atoms with Gasteiger partial charge in [0, 0.05) is 29.7 Å². The minimum Gasteiger partial charge on any atom is -0.496 e. The van der Waals surface area contributed by atoms with Crippen LogP contribution in [0.4, 0.5) is 0 Å². The smallest absolute Gasteiger partial charge is 0.124 e. The van der Waals surface area contributed by atoms with Crippen molar-refractivity contribution in [3.8, 4) is 5.75 Å². The lowest BCUT2D eigenvalue weighted by Gasteiger charge is -2.16. The van der Waals surface area contributed by atoms with Crippen LogP contribution in [0.15, 0.2) is 18.2 Å². The predicted molar refractivity (Wildman–Crippen MR) is 82.4 cm³/mol. The van der Waals surface area contributed by atoms with Gasteiger partial charge in [0.2, 0.25) is 0 Å². The number of likely N-dealkylation sites (tertiary alicyclic amines) is 1. The minimum atomic E-state index is 0.780. The van der Waals surface area contributed by atoms with E-state index in [1.165, 1.54) is 32.4 Å². The highest BCUT2D eigenvalue weighted by Gasteiger charge is 2.33. The molecule has 3 rings (SSSR count). The second kappa shape index (κ2) is 6.33. The maximum absolute atomic E-state index is 6.25. The van der Waals surface area contributed by atoms with Gasteiger partial charge in [-0.1, -0.05) is 17.7 Å². The average molecular weight is 295 g/mol. The third kappa shape index (κ3) is 3.27. The van der Waals surface area contributed by atoms with E-state index in [1.807, 2.05) is 18.2 Å². The van der Waals surface area contributed by atoms with E-state index in [2.05, 4.69) is 10.2 Å². The van der Waals surface area contributed by atoms with Gasteiger partial charge in [-0.25, -0.2) is 0 Å². The molecule has 2 aliphatic rings. The largest absolute Gasteiger partial charge is 0.496 e. The van der Waals surface area contributed by atoms with Gasteiger partial charge in [0.25, 0.3) is 0 Å². The topological polar surface area (TPSA) is 24.5 Å². The molecule has 1 saturated carbocycles. The van der Waals surface area contributed by atoms with E-state index in [-0.39, 0.29) is 0 Å². The predicted octanol–water partition coefficient (Wildman–Crippen LogP) is 2.92. The number of nitrogens with one attached hydrogen (secondary N) is 1. The summed E-state index contributed by atoms with van der Waals surface area (Å²) in [6, 6.07) is 6.72. The monoisotopic (exact) mass is 294 g/mol. The van der Waals surface area contributed by atoms with Gasteiger partial charge in [-0.05, 0) is 50.4 Å². The fourth-order valence-corrected chi connectivity index (χ4v) is 3.34. The SMILES string of the molecule is COc1cccc(Cl)c1CNCC1CCN(C2CC2)C1. The van der Waals surface area contributed by atoms with E-state index < -0.39 is 0 Å².